The zero-order valence-corrected chi connectivity index (χ0v) is 19.0. The second-order valence-electron chi connectivity index (χ2n) is 8.65. The topological polar surface area (TPSA) is 102 Å². The molecule has 0 atom stereocenters. The number of ether oxygens (including phenoxy) is 2. The first-order chi connectivity index (χ1) is 16.1. The predicted octanol–water partition coefficient (Wildman–Crippen LogP) is 3.80. The summed E-state index contributed by atoms with van der Waals surface area (Å²) in [5, 5.41) is 11.0. The summed E-state index contributed by atoms with van der Waals surface area (Å²) >= 11 is 0. The zero-order valence-electron chi connectivity index (χ0n) is 19.0. The number of nitro groups is 1. The van der Waals surface area contributed by atoms with E-state index in [4.69, 9.17) is 9.47 Å². The van der Waals surface area contributed by atoms with Crippen molar-refractivity contribution in [3.05, 3.63) is 92.5 Å². The van der Waals surface area contributed by atoms with E-state index in [-0.39, 0.29) is 11.1 Å². The maximum atomic E-state index is 13.1. The Morgan fingerprint density at radius 1 is 0.853 bits per heavy atom. The Morgan fingerprint density at radius 2 is 1.38 bits per heavy atom. The molecule has 2 aliphatic rings. The molecule has 3 aromatic carbocycles. The fraction of sp³-hybridized carbons (Fsp3) is 0.200. The van der Waals surface area contributed by atoms with Gasteiger partial charge in [0.1, 0.15) is 16.4 Å². The molecule has 5 rings (SSSR count). The van der Waals surface area contributed by atoms with Crippen LogP contribution in [0, 0.1) is 10.1 Å². The molecule has 0 N–H and O–H groups in total. The standard InChI is InChI=1S/C25H21N3O6/c1-26(2)15-6-9-19-21(12-15)33-22-13-16(27(3)4)7-10-20(22)25(19)18-8-5-14(23(29)28(31)32)11-17(18)24(30)34-25/h5-13H,1-4H3. The Hall–Kier alpha value is -4.40. The van der Waals surface area contributed by atoms with E-state index in [2.05, 4.69) is 0 Å². The maximum Gasteiger partial charge on any atom is 0.476 e. The van der Waals surface area contributed by atoms with E-state index in [0.29, 0.717) is 28.2 Å². The predicted molar refractivity (Wildman–Crippen MR) is 125 cm³/mol. The van der Waals surface area contributed by atoms with Crippen molar-refractivity contribution in [3.8, 4) is 11.5 Å². The second kappa shape index (κ2) is 7.31. The highest BCUT2D eigenvalue weighted by atomic mass is 16.6. The van der Waals surface area contributed by atoms with Crippen LogP contribution in [0.2, 0.25) is 0 Å². The summed E-state index contributed by atoms with van der Waals surface area (Å²) in [7, 11) is 7.66. The monoisotopic (exact) mass is 459 g/mol. The third-order valence-electron chi connectivity index (χ3n) is 6.22. The number of benzene rings is 3. The van der Waals surface area contributed by atoms with Gasteiger partial charge in [0.05, 0.1) is 11.1 Å². The van der Waals surface area contributed by atoms with Crippen molar-refractivity contribution in [1.29, 1.82) is 0 Å². The smallest absolute Gasteiger partial charge is 0.456 e. The van der Waals surface area contributed by atoms with E-state index in [1.807, 2.05) is 74.4 Å². The van der Waals surface area contributed by atoms with Crippen LogP contribution in [0.15, 0.2) is 54.6 Å². The van der Waals surface area contributed by atoms with Crippen LogP contribution in [0.4, 0.5) is 11.4 Å². The van der Waals surface area contributed by atoms with Gasteiger partial charge < -0.3 is 19.3 Å². The molecule has 0 unspecified atom stereocenters. The fourth-order valence-corrected chi connectivity index (χ4v) is 4.50. The van der Waals surface area contributed by atoms with Gasteiger partial charge in [-0.15, -0.1) is 0 Å². The van der Waals surface area contributed by atoms with Gasteiger partial charge in [-0.25, -0.2) is 9.59 Å². The van der Waals surface area contributed by atoms with Gasteiger partial charge in [-0.1, -0.05) is 6.07 Å². The van der Waals surface area contributed by atoms with Gasteiger partial charge in [-0.2, -0.15) is 0 Å². The molecule has 0 aliphatic carbocycles. The van der Waals surface area contributed by atoms with Crippen molar-refractivity contribution in [2.24, 2.45) is 0 Å². The lowest BCUT2D eigenvalue weighted by molar-refractivity contribution is -0.375. The normalized spacial score (nSPS) is 14.4. The van der Waals surface area contributed by atoms with E-state index >= 15 is 0 Å². The minimum absolute atomic E-state index is 0.111. The number of carbonyl (C=O) groups is 2. The van der Waals surface area contributed by atoms with Crippen LogP contribution < -0.4 is 14.5 Å². The first-order valence-corrected chi connectivity index (χ1v) is 10.5. The molecule has 9 nitrogen and oxygen atoms in total. The Morgan fingerprint density at radius 3 is 1.88 bits per heavy atom. The minimum atomic E-state index is -1.32. The molecule has 0 bridgehead atoms. The molecule has 3 aromatic rings. The van der Waals surface area contributed by atoms with E-state index in [1.165, 1.54) is 12.1 Å². The summed E-state index contributed by atoms with van der Waals surface area (Å²) in [5.41, 5.74) is 2.17. The number of anilines is 2. The lowest BCUT2D eigenvalue weighted by atomic mass is 9.77. The van der Waals surface area contributed by atoms with Crippen LogP contribution in [-0.2, 0) is 10.3 Å². The molecule has 0 aromatic heterocycles. The molecule has 2 heterocycles. The summed E-state index contributed by atoms with van der Waals surface area (Å²) in [6, 6.07) is 15.4. The van der Waals surface area contributed by atoms with Crippen molar-refractivity contribution in [2.45, 2.75) is 5.60 Å². The van der Waals surface area contributed by atoms with Crippen LogP contribution in [0.1, 0.15) is 37.4 Å². The van der Waals surface area contributed by atoms with Gasteiger partial charge >= 0.3 is 11.9 Å². The highest BCUT2D eigenvalue weighted by molar-refractivity contribution is 6.00. The van der Waals surface area contributed by atoms with E-state index in [0.717, 1.165) is 11.4 Å². The minimum Gasteiger partial charge on any atom is -0.456 e. The van der Waals surface area contributed by atoms with Crippen molar-refractivity contribution >= 4 is 23.3 Å². The number of rotatable bonds is 3. The first-order valence-electron chi connectivity index (χ1n) is 10.5. The van der Waals surface area contributed by atoms with Gasteiger partial charge in [-0.3, -0.25) is 10.1 Å². The molecule has 0 fully saturated rings. The summed E-state index contributed by atoms with van der Waals surface area (Å²) < 4.78 is 12.4. The van der Waals surface area contributed by atoms with Gasteiger partial charge in [0.2, 0.25) is 0 Å². The average Bonchev–Trinajstić information content (AvgIpc) is 3.10. The molecular formula is C25H21N3O6. The van der Waals surface area contributed by atoms with E-state index in [9.17, 15) is 19.7 Å². The highest BCUT2D eigenvalue weighted by Gasteiger charge is 2.54. The van der Waals surface area contributed by atoms with Crippen LogP contribution >= 0.6 is 0 Å². The molecule has 2 aliphatic heterocycles. The highest BCUT2D eigenvalue weighted by Crippen LogP contribution is 2.57. The van der Waals surface area contributed by atoms with Crippen LogP contribution in [-0.4, -0.2) is 45.0 Å². The number of hydrogen-bond donors (Lipinski definition) is 0. The van der Waals surface area contributed by atoms with E-state index < -0.39 is 22.4 Å². The summed E-state index contributed by atoms with van der Waals surface area (Å²) in [6.45, 7) is 0. The third-order valence-corrected chi connectivity index (χ3v) is 6.22. The van der Waals surface area contributed by atoms with Crippen LogP contribution in [0.25, 0.3) is 0 Å². The molecular weight excluding hydrogens is 438 g/mol. The fourth-order valence-electron chi connectivity index (χ4n) is 4.50. The lowest BCUT2D eigenvalue weighted by Gasteiger charge is -2.37. The lowest BCUT2D eigenvalue weighted by Crippen LogP contribution is -2.33. The van der Waals surface area contributed by atoms with Crippen LogP contribution in [0.3, 0.4) is 0 Å². The van der Waals surface area contributed by atoms with Crippen molar-refractivity contribution in [3.63, 3.8) is 0 Å². The number of hydrogen-bond acceptors (Lipinski definition) is 8. The van der Waals surface area contributed by atoms with Gasteiger partial charge in [-0.05, 0) is 36.4 Å². The Labute approximate surface area is 195 Å². The quantitative estimate of drug-likeness (QED) is 0.331. The SMILES string of the molecule is CN(C)c1ccc2c(c1)Oc1cc(N(C)C)ccc1C21OC(=O)c2cc(C(=O)[N+](=O)[O-])ccc21. The zero-order chi connectivity index (χ0) is 24.4. The van der Waals surface area contributed by atoms with Gasteiger partial charge in [0, 0.05) is 68.4 Å². The summed E-state index contributed by atoms with van der Waals surface area (Å²) in [5.74, 6) is -0.892. The number of amides is 1. The van der Waals surface area contributed by atoms with E-state index in [1.54, 1.807) is 6.07 Å². The molecule has 34 heavy (non-hydrogen) atoms. The Bertz CT molecular complexity index is 1340. The van der Waals surface area contributed by atoms with Gasteiger partial charge in [0.15, 0.2) is 5.60 Å². The molecule has 1 spiro atoms. The third kappa shape index (κ3) is 2.93. The number of carbonyl (C=O) groups excluding carboxylic acids is 2. The summed E-state index contributed by atoms with van der Waals surface area (Å²) in [6.07, 6.45) is 0. The number of fused-ring (bicyclic) bond motifs is 6. The van der Waals surface area contributed by atoms with Crippen LogP contribution in [0.5, 0.6) is 11.5 Å². The Balaban J connectivity index is 1.79. The maximum absolute atomic E-state index is 13.1. The molecule has 0 radical (unpaired) electrons. The summed E-state index contributed by atoms with van der Waals surface area (Å²) in [4.78, 5) is 38.9. The first kappa shape index (κ1) is 21.4. The van der Waals surface area contributed by atoms with Crippen molar-refractivity contribution in [1.82, 2.24) is 0 Å². The van der Waals surface area contributed by atoms with Crippen molar-refractivity contribution in [2.75, 3.05) is 38.0 Å². The Kier molecular flexibility index (Phi) is 4.61. The molecule has 172 valence electrons. The largest absolute Gasteiger partial charge is 0.476 e. The average molecular weight is 459 g/mol. The molecule has 9 heteroatoms. The number of nitrogens with zero attached hydrogens (tertiary/aromatic N) is 3. The van der Waals surface area contributed by atoms with Crippen molar-refractivity contribution < 1.29 is 24.0 Å². The molecule has 0 saturated carbocycles. The molecule has 0 saturated heterocycles. The second-order valence-corrected chi connectivity index (χ2v) is 8.65. The number of esters is 1. The molecule has 1 amide bonds. The van der Waals surface area contributed by atoms with Gasteiger partial charge in [0.25, 0.3) is 0 Å².